The highest BCUT2D eigenvalue weighted by molar-refractivity contribution is 6.02. The number of anilines is 1. The standard InChI is InChI=1S/C22H28N2O3/c1-5-22(17-10-12-18(13-11-17)27-16(2)3)23-20-9-7-6-8-19(20)21(25)24(22)14-15-26-4/h6-13,16,23H,5,14-15H2,1-4H3. The van der Waals surface area contributed by atoms with Crippen LogP contribution in [0.1, 0.15) is 43.1 Å². The van der Waals surface area contributed by atoms with E-state index in [9.17, 15) is 4.79 Å². The van der Waals surface area contributed by atoms with Crippen molar-refractivity contribution in [1.82, 2.24) is 4.90 Å². The van der Waals surface area contributed by atoms with Crippen molar-refractivity contribution in [2.45, 2.75) is 39.0 Å². The van der Waals surface area contributed by atoms with E-state index in [0.29, 0.717) is 18.7 Å². The second-order valence-corrected chi connectivity index (χ2v) is 7.02. The Bertz CT molecular complexity index is 788. The van der Waals surface area contributed by atoms with Crippen molar-refractivity contribution in [2.75, 3.05) is 25.6 Å². The predicted molar refractivity (Wildman–Crippen MR) is 107 cm³/mol. The molecule has 5 heteroatoms. The molecule has 1 aliphatic heterocycles. The normalized spacial score (nSPS) is 19.0. The van der Waals surface area contributed by atoms with Crippen molar-refractivity contribution in [2.24, 2.45) is 0 Å². The molecule has 27 heavy (non-hydrogen) atoms. The number of carbonyl (C=O) groups excluding carboxylic acids is 1. The first kappa shape index (κ1) is 19.2. The smallest absolute Gasteiger partial charge is 0.258 e. The molecular formula is C22H28N2O3. The minimum absolute atomic E-state index is 0.0192. The van der Waals surface area contributed by atoms with Gasteiger partial charge in [-0.2, -0.15) is 0 Å². The minimum atomic E-state index is -0.625. The molecule has 1 amide bonds. The first-order valence-electron chi connectivity index (χ1n) is 9.47. The third-order valence-corrected chi connectivity index (χ3v) is 4.94. The summed E-state index contributed by atoms with van der Waals surface area (Å²) in [6.45, 7) is 7.09. The molecule has 0 saturated heterocycles. The molecule has 5 nitrogen and oxygen atoms in total. The molecule has 3 rings (SSSR count). The van der Waals surface area contributed by atoms with Crippen LogP contribution in [-0.2, 0) is 10.4 Å². The number of methoxy groups -OCH3 is 1. The Labute approximate surface area is 161 Å². The van der Waals surface area contributed by atoms with Crippen LogP contribution < -0.4 is 10.1 Å². The van der Waals surface area contributed by atoms with Crippen LogP contribution in [0.5, 0.6) is 5.75 Å². The van der Waals surface area contributed by atoms with E-state index in [4.69, 9.17) is 9.47 Å². The van der Waals surface area contributed by atoms with Gasteiger partial charge >= 0.3 is 0 Å². The van der Waals surface area contributed by atoms with Gasteiger partial charge in [-0.1, -0.05) is 31.2 Å². The van der Waals surface area contributed by atoms with E-state index >= 15 is 0 Å². The van der Waals surface area contributed by atoms with E-state index in [0.717, 1.165) is 23.4 Å². The van der Waals surface area contributed by atoms with Crippen LogP contribution in [0.15, 0.2) is 48.5 Å². The van der Waals surface area contributed by atoms with Gasteiger partial charge in [0.05, 0.1) is 18.3 Å². The summed E-state index contributed by atoms with van der Waals surface area (Å²) in [6.07, 6.45) is 0.844. The van der Waals surface area contributed by atoms with Crippen LogP contribution in [0.25, 0.3) is 0 Å². The van der Waals surface area contributed by atoms with E-state index in [-0.39, 0.29) is 12.0 Å². The molecule has 0 aromatic heterocycles. The molecule has 1 unspecified atom stereocenters. The van der Waals surface area contributed by atoms with Gasteiger partial charge in [-0.3, -0.25) is 4.79 Å². The van der Waals surface area contributed by atoms with Gasteiger partial charge in [0, 0.05) is 19.3 Å². The molecule has 0 radical (unpaired) electrons. The Hall–Kier alpha value is -2.53. The third-order valence-electron chi connectivity index (χ3n) is 4.94. The van der Waals surface area contributed by atoms with Crippen molar-refractivity contribution < 1.29 is 14.3 Å². The number of benzene rings is 2. The van der Waals surface area contributed by atoms with Gasteiger partial charge in [-0.15, -0.1) is 0 Å². The lowest BCUT2D eigenvalue weighted by Gasteiger charge is -2.48. The summed E-state index contributed by atoms with van der Waals surface area (Å²) in [6, 6.07) is 15.7. The molecule has 1 aliphatic rings. The summed E-state index contributed by atoms with van der Waals surface area (Å²) in [5.74, 6) is 0.844. The van der Waals surface area contributed by atoms with Gasteiger partial charge in [0.25, 0.3) is 5.91 Å². The number of carbonyl (C=O) groups is 1. The lowest BCUT2D eigenvalue weighted by Crippen LogP contribution is -2.58. The maximum absolute atomic E-state index is 13.3. The molecule has 2 aromatic carbocycles. The number of rotatable bonds is 7. The van der Waals surface area contributed by atoms with Crippen LogP contribution >= 0.6 is 0 Å². The fourth-order valence-electron chi connectivity index (χ4n) is 3.66. The van der Waals surface area contributed by atoms with Crippen molar-refractivity contribution in [3.63, 3.8) is 0 Å². The van der Waals surface area contributed by atoms with Crippen molar-refractivity contribution >= 4 is 11.6 Å². The predicted octanol–water partition coefficient (Wildman–Crippen LogP) is 4.25. The number of hydrogen-bond donors (Lipinski definition) is 1. The monoisotopic (exact) mass is 368 g/mol. The van der Waals surface area contributed by atoms with E-state index in [2.05, 4.69) is 12.2 Å². The summed E-state index contributed by atoms with van der Waals surface area (Å²) in [5.41, 5.74) is 1.96. The molecular weight excluding hydrogens is 340 g/mol. The van der Waals surface area contributed by atoms with Crippen molar-refractivity contribution in [3.05, 3.63) is 59.7 Å². The number of para-hydroxylation sites is 1. The van der Waals surface area contributed by atoms with Gasteiger partial charge in [-0.25, -0.2) is 0 Å². The zero-order chi connectivity index (χ0) is 19.4. The highest BCUT2D eigenvalue weighted by Gasteiger charge is 2.44. The number of amides is 1. The van der Waals surface area contributed by atoms with Crippen LogP contribution in [0.4, 0.5) is 5.69 Å². The van der Waals surface area contributed by atoms with E-state index in [1.165, 1.54) is 0 Å². The Balaban J connectivity index is 2.05. The Morgan fingerprint density at radius 3 is 2.44 bits per heavy atom. The summed E-state index contributed by atoms with van der Waals surface area (Å²) in [4.78, 5) is 15.2. The molecule has 0 spiro atoms. The van der Waals surface area contributed by atoms with Gasteiger partial charge < -0.3 is 19.7 Å². The number of fused-ring (bicyclic) bond motifs is 1. The molecule has 0 aliphatic carbocycles. The summed E-state index contributed by atoms with van der Waals surface area (Å²) >= 11 is 0. The second-order valence-electron chi connectivity index (χ2n) is 7.02. The Morgan fingerprint density at radius 1 is 1.11 bits per heavy atom. The SMILES string of the molecule is CCC1(c2ccc(OC(C)C)cc2)Nc2ccccc2C(=O)N1CCOC. The van der Waals surface area contributed by atoms with Gasteiger partial charge in [0.2, 0.25) is 0 Å². The average Bonchev–Trinajstić information content (AvgIpc) is 2.67. The van der Waals surface area contributed by atoms with Crippen LogP contribution in [0.3, 0.4) is 0 Å². The molecule has 0 saturated carbocycles. The van der Waals surface area contributed by atoms with Crippen LogP contribution in [0, 0.1) is 0 Å². The Morgan fingerprint density at radius 2 is 1.81 bits per heavy atom. The summed E-state index contributed by atoms with van der Waals surface area (Å²) < 4.78 is 11.0. The first-order valence-corrected chi connectivity index (χ1v) is 9.47. The number of nitrogens with one attached hydrogen (secondary N) is 1. The number of hydrogen-bond acceptors (Lipinski definition) is 4. The zero-order valence-corrected chi connectivity index (χ0v) is 16.5. The van der Waals surface area contributed by atoms with Crippen LogP contribution in [-0.4, -0.2) is 37.2 Å². The van der Waals surface area contributed by atoms with Crippen molar-refractivity contribution in [1.29, 1.82) is 0 Å². The largest absolute Gasteiger partial charge is 0.491 e. The average molecular weight is 368 g/mol. The lowest BCUT2D eigenvalue weighted by atomic mass is 9.89. The minimum Gasteiger partial charge on any atom is -0.491 e. The molecule has 1 heterocycles. The van der Waals surface area contributed by atoms with Gasteiger partial charge in [-0.05, 0) is 50.1 Å². The lowest BCUT2D eigenvalue weighted by molar-refractivity contribution is 0.0381. The Kier molecular flexibility index (Phi) is 5.71. The number of nitrogens with zero attached hydrogens (tertiary/aromatic N) is 1. The molecule has 144 valence electrons. The maximum Gasteiger partial charge on any atom is 0.258 e. The molecule has 0 bridgehead atoms. The summed E-state index contributed by atoms with van der Waals surface area (Å²) in [5, 5.41) is 3.63. The van der Waals surface area contributed by atoms with E-state index < -0.39 is 5.66 Å². The molecule has 1 N–H and O–H groups in total. The summed E-state index contributed by atoms with van der Waals surface area (Å²) in [7, 11) is 1.65. The fourth-order valence-corrected chi connectivity index (χ4v) is 3.66. The number of ether oxygens (including phenoxy) is 2. The van der Waals surface area contributed by atoms with E-state index in [1.54, 1.807) is 7.11 Å². The highest BCUT2D eigenvalue weighted by atomic mass is 16.5. The molecule has 1 atom stereocenters. The molecule has 2 aromatic rings. The third kappa shape index (κ3) is 3.65. The fraction of sp³-hybridized carbons (Fsp3) is 0.409. The topological polar surface area (TPSA) is 50.8 Å². The van der Waals surface area contributed by atoms with E-state index in [1.807, 2.05) is 67.3 Å². The first-order chi connectivity index (χ1) is 13.0. The van der Waals surface area contributed by atoms with Crippen LogP contribution in [0.2, 0.25) is 0 Å². The highest BCUT2D eigenvalue weighted by Crippen LogP contribution is 2.40. The second kappa shape index (κ2) is 8.01. The van der Waals surface area contributed by atoms with Crippen molar-refractivity contribution in [3.8, 4) is 5.75 Å². The van der Waals surface area contributed by atoms with Gasteiger partial charge in [0.15, 0.2) is 0 Å². The maximum atomic E-state index is 13.3. The zero-order valence-electron chi connectivity index (χ0n) is 16.5. The molecule has 0 fully saturated rings. The quantitative estimate of drug-likeness (QED) is 0.794. The van der Waals surface area contributed by atoms with Gasteiger partial charge in [0.1, 0.15) is 11.4 Å².